The average molecular weight is 348 g/mol. The molecule has 2 rings (SSSR count). The zero-order valence-electron chi connectivity index (χ0n) is 13.5. The molecule has 3 N–H and O–H groups in total. The molecule has 0 aromatic heterocycles. The van der Waals surface area contributed by atoms with E-state index in [0.717, 1.165) is 11.1 Å². The van der Waals surface area contributed by atoms with E-state index >= 15 is 0 Å². The minimum atomic E-state index is -3.97. The number of amides is 1. The summed E-state index contributed by atoms with van der Waals surface area (Å²) < 4.78 is 32.8. The normalized spacial score (nSPS) is 12.6. The minimum Gasteiger partial charge on any atom is -0.495 e. The Morgan fingerprint density at radius 2 is 1.88 bits per heavy atom. The van der Waals surface area contributed by atoms with Crippen LogP contribution in [0.25, 0.3) is 0 Å². The van der Waals surface area contributed by atoms with Gasteiger partial charge in [0.2, 0.25) is 15.9 Å². The maximum atomic E-state index is 12.7. The SMILES string of the molecule is COc1ccc(C)cc1S(=O)(=O)N[C@@H](Cc1ccccc1)C(N)=O. The van der Waals surface area contributed by atoms with Crippen molar-refractivity contribution in [3.05, 3.63) is 59.7 Å². The van der Waals surface area contributed by atoms with Crippen molar-refractivity contribution < 1.29 is 17.9 Å². The summed E-state index contributed by atoms with van der Waals surface area (Å²) >= 11 is 0. The van der Waals surface area contributed by atoms with Gasteiger partial charge in [-0.15, -0.1) is 0 Å². The van der Waals surface area contributed by atoms with Crippen LogP contribution >= 0.6 is 0 Å². The molecule has 0 radical (unpaired) electrons. The molecule has 2 aromatic carbocycles. The number of benzene rings is 2. The van der Waals surface area contributed by atoms with E-state index < -0.39 is 22.0 Å². The van der Waals surface area contributed by atoms with Crippen molar-refractivity contribution in [2.45, 2.75) is 24.3 Å². The molecule has 0 saturated heterocycles. The van der Waals surface area contributed by atoms with Crippen LogP contribution in [0.15, 0.2) is 53.4 Å². The molecule has 0 bridgehead atoms. The average Bonchev–Trinajstić information content (AvgIpc) is 2.55. The third-order valence-electron chi connectivity index (χ3n) is 3.53. The summed E-state index contributed by atoms with van der Waals surface area (Å²) in [6.45, 7) is 1.77. The van der Waals surface area contributed by atoms with Gasteiger partial charge < -0.3 is 10.5 Å². The molecule has 128 valence electrons. The number of primary amides is 1. The van der Waals surface area contributed by atoms with Crippen molar-refractivity contribution in [2.75, 3.05) is 7.11 Å². The molecule has 24 heavy (non-hydrogen) atoms. The first-order valence-corrected chi connectivity index (χ1v) is 8.82. The summed E-state index contributed by atoms with van der Waals surface area (Å²) in [7, 11) is -2.58. The van der Waals surface area contributed by atoms with Crippen LogP contribution in [-0.2, 0) is 21.2 Å². The highest BCUT2D eigenvalue weighted by atomic mass is 32.2. The highest BCUT2D eigenvalue weighted by Crippen LogP contribution is 2.25. The second-order valence-electron chi connectivity index (χ2n) is 5.42. The van der Waals surface area contributed by atoms with E-state index in [-0.39, 0.29) is 17.1 Å². The second kappa shape index (κ2) is 7.46. The van der Waals surface area contributed by atoms with E-state index in [2.05, 4.69) is 4.72 Å². The largest absolute Gasteiger partial charge is 0.495 e. The highest BCUT2D eigenvalue weighted by Gasteiger charge is 2.26. The number of nitrogens with one attached hydrogen (secondary N) is 1. The van der Waals surface area contributed by atoms with Gasteiger partial charge in [0.25, 0.3) is 0 Å². The number of sulfonamides is 1. The fourth-order valence-corrected chi connectivity index (χ4v) is 3.75. The van der Waals surface area contributed by atoms with E-state index in [4.69, 9.17) is 10.5 Å². The predicted molar refractivity (Wildman–Crippen MR) is 91.2 cm³/mol. The van der Waals surface area contributed by atoms with Crippen molar-refractivity contribution >= 4 is 15.9 Å². The Morgan fingerprint density at radius 3 is 2.46 bits per heavy atom. The lowest BCUT2D eigenvalue weighted by atomic mass is 10.1. The molecule has 0 fully saturated rings. The zero-order valence-corrected chi connectivity index (χ0v) is 14.3. The number of hydrogen-bond donors (Lipinski definition) is 2. The Hall–Kier alpha value is -2.38. The van der Waals surface area contributed by atoms with Gasteiger partial charge in [-0.2, -0.15) is 4.72 Å². The molecule has 0 aliphatic carbocycles. The quantitative estimate of drug-likeness (QED) is 0.790. The Balaban J connectivity index is 2.31. The van der Waals surface area contributed by atoms with Gasteiger partial charge in [0.05, 0.1) is 7.11 Å². The van der Waals surface area contributed by atoms with Crippen LogP contribution in [-0.4, -0.2) is 27.5 Å². The third-order valence-corrected chi connectivity index (χ3v) is 5.03. The molecule has 7 heteroatoms. The first kappa shape index (κ1) is 18.0. The molecular formula is C17H20N2O4S. The summed E-state index contributed by atoms with van der Waals surface area (Å²) in [5.41, 5.74) is 6.94. The number of nitrogens with two attached hydrogens (primary N) is 1. The maximum Gasteiger partial charge on any atom is 0.244 e. The number of carbonyl (C=O) groups excluding carboxylic acids is 1. The predicted octanol–water partition coefficient (Wildman–Crippen LogP) is 1.38. The van der Waals surface area contributed by atoms with Gasteiger partial charge in [-0.3, -0.25) is 4.79 Å². The first-order valence-electron chi connectivity index (χ1n) is 7.33. The first-order chi connectivity index (χ1) is 11.3. The number of carbonyl (C=O) groups is 1. The molecule has 1 atom stereocenters. The molecule has 0 spiro atoms. The van der Waals surface area contributed by atoms with Crippen LogP contribution in [0.2, 0.25) is 0 Å². The monoisotopic (exact) mass is 348 g/mol. The van der Waals surface area contributed by atoms with Gasteiger partial charge in [0.1, 0.15) is 16.7 Å². The maximum absolute atomic E-state index is 12.7. The van der Waals surface area contributed by atoms with Gasteiger partial charge in [0.15, 0.2) is 0 Å². The number of ether oxygens (including phenoxy) is 1. The van der Waals surface area contributed by atoms with E-state index in [0.29, 0.717) is 0 Å². The lowest BCUT2D eigenvalue weighted by Crippen LogP contribution is -2.45. The van der Waals surface area contributed by atoms with Crippen molar-refractivity contribution in [1.82, 2.24) is 4.72 Å². The van der Waals surface area contributed by atoms with Crippen LogP contribution in [0.3, 0.4) is 0 Å². The fraction of sp³-hybridized carbons (Fsp3) is 0.235. The lowest BCUT2D eigenvalue weighted by Gasteiger charge is -2.17. The minimum absolute atomic E-state index is 0.0238. The Morgan fingerprint density at radius 1 is 1.21 bits per heavy atom. The molecule has 1 amide bonds. The molecule has 6 nitrogen and oxygen atoms in total. The molecule has 0 saturated carbocycles. The number of rotatable bonds is 7. The Kier molecular flexibility index (Phi) is 5.58. The topological polar surface area (TPSA) is 98.5 Å². The summed E-state index contributed by atoms with van der Waals surface area (Å²) in [5.74, 6) is -0.537. The van der Waals surface area contributed by atoms with E-state index in [9.17, 15) is 13.2 Å². The number of hydrogen-bond acceptors (Lipinski definition) is 4. The van der Waals surface area contributed by atoms with Crippen LogP contribution in [0.1, 0.15) is 11.1 Å². The molecule has 0 aliphatic rings. The summed E-state index contributed by atoms with van der Waals surface area (Å²) in [4.78, 5) is 11.7. The third kappa shape index (κ3) is 4.33. The highest BCUT2D eigenvalue weighted by molar-refractivity contribution is 7.89. The number of methoxy groups -OCH3 is 1. The van der Waals surface area contributed by atoms with Crippen LogP contribution in [0, 0.1) is 6.92 Å². The van der Waals surface area contributed by atoms with E-state index in [1.165, 1.54) is 13.2 Å². The molecular weight excluding hydrogens is 328 g/mol. The number of aryl methyl sites for hydroxylation is 1. The molecule has 0 aliphatic heterocycles. The van der Waals surface area contributed by atoms with Crippen LogP contribution in [0.4, 0.5) is 0 Å². The van der Waals surface area contributed by atoms with Crippen LogP contribution < -0.4 is 15.2 Å². The van der Waals surface area contributed by atoms with Crippen molar-refractivity contribution in [2.24, 2.45) is 5.73 Å². The molecule has 2 aromatic rings. The lowest BCUT2D eigenvalue weighted by molar-refractivity contribution is -0.119. The standard InChI is InChI=1S/C17H20N2O4S/c1-12-8-9-15(23-2)16(10-12)24(21,22)19-14(17(18)20)11-13-6-4-3-5-7-13/h3-10,14,19H,11H2,1-2H3,(H2,18,20)/t14-/m0/s1. The Labute approximate surface area is 141 Å². The van der Waals surface area contributed by atoms with Crippen molar-refractivity contribution in [3.63, 3.8) is 0 Å². The molecule has 0 unspecified atom stereocenters. The van der Waals surface area contributed by atoms with Crippen LogP contribution in [0.5, 0.6) is 5.75 Å². The van der Waals surface area contributed by atoms with Crippen molar-refractivity contribution in [3.8, 4) is 5.75 Å². The zero-order chi connectivity index (χ0) is 17.7. The van der Waals surface area contributed by atoms with Gasteiger partial charge in [-0.05, 0) is 36.6 Å². The summed E-state index contributed by atoms with van der Waals surface area (Å²) in [5, 5.41) is 0. The summed E-state index contributed by atoms with van der Waals surface area (Å²) in [6, 6.07) is 12.8. The van der Waals surface area contributed by atoms with Gasteiger partial charge in [0, 0.05) is 0 Å². The van der Waals surface area contributed by atoms with Gasteiger partial charge in [-0.1, -0.05) is 36.4 Å². The smallest absolute Gasteiger partial charge is 0.244 e. The summed E-state index contributed by atoms with van der Waals surface area (Å²) in [6.07, 6.45) is 0.170. The Bertz CT molecular complexity index is 820. The van der Waals surface area contributed by atoms with Crippen molar-refractivity contribution in [1.29, 1.82) is 0 Å². The fourth-order valence-electron chi connectivity index (χ4n) is 2.29. The van der Waals surface area contributed by atoms with E-state index in [1.807, 2.05) is 18.2 Å². The second-order valence-corrected chi connectivity index (χ2v) is 7.10. The van der Waals surface area contributed by atoms with E-state index in [1.54, 1.807) is 31.2 Å². The molecule has 0 heterocycles. The van der Waals surface area contributed by atoms with Gasteiger partial charge >= 0.3 is 0 Å². The van der Waals surface area contributed by atoms with Gasteiger partial charge in [-0.25, -0.2) is 8.42 Å².